The Balaban J connectivity index is 1.33. The van der Waals surface area contributed by atoms with Gasteiger partial charge in [-0.25, -0.2) is 4.98 Å². The number of hydrogen-bond acceptors (Lipinski definition) is 5. The van der Waals surface area contributed by atoms with Crippen LogP contribution in [0.5, 0.6) is 5.75 Å². The molecule has 0 aliphatic rings. The van der Waals surface area contributed by atoms with Crippen LogP contribution in [0.2, 0.25) is 0 Å². The number of aromatic amines is 1. The molecule has 5 rings (SSSR count). The molecule has 0 saturated heterocycles. The first-order chi connectivity index (χ1) is 16.1. The molecule has 3 aromatic heterocycles. The van der Waals surface area contributed by atoms with Crippen molar-refractivity contribution >= 4 is 33.6 Å². The highest BCUT2D eigenvalue weighted by atomic mass is 16.5. The van der Waals surface area contributed by atoms with Crippen LogP contribution in [0.4, 0.5) is 11.8 Å². The van der Waals surface area contributed by atoms with Gasteiger partial charge in [0.25, 0.3) is 0 Å². The van der Waals surface area contributed by atoms with Crippen LogP contribution >= 0.6 is 0 Å². The number of aromatic nitrogens is 4. The topological polar surface area (TPSA) is 79.8 Å². The molecule has 3 heterocycles. The fourth-order valence-electron chi connectivity index (χ4n) is 4.32. The van der Waals surface area contributed by atoms with Crippen LogP contribution in [0.1, 0.15) is 11.3 Å². The van der Waals surface area contributed by atoms with E-state index in [1.807, 2.05) is 25.4 Å². The third-order valence-electron chi connectivity index (χ3n) is 6.27. The third-order valence-corrected chi connectivity index (χ3v) is 6.27. The van der Waals surface area contributed by atoms with Crippen LogP contribution in [0.25, 0.3) is 32.9 Å². The van der Waals surface area contributed by atoms with Crippen molar-refractivity contribution in [1.82, 2.24) is 19.5 Å². The lowest BCUT2D eigenvalue weighted by molar-refractivity contribution is 0.415. The van der Waals surface area contributed by atoms with E-state index in [-0.39, 0.29) is 0 Å². The molecule has 0 fully saturated rings. The predicted molar refractivity (Wildman–Crippen MR) is 135 cm³/mol. The summed E-state index contributed by atoms with van der Waals surface area (Å²) in [5, 5.41) is 8.97. The second kappa shape index (κ2) is 8.50. The van der Waals surface area contributed by atoms with Crippen molar-refractivity contribution in [2.24, 2.45) is 7.05 Å². The second-order valence-electron chi connectivity index (χ2n) is 8.23. The number of benzene rings is 2. The Morgan fingerprint density at radius 1 is 1.12 bits per heavy atom. The van der Waals surface area contributed by atoms with E-state index >= 15 is 0 Å². The predicted octanol–water partition coefficient (Wildman–Crippen LogP) is 5.13. The maximum absolute atomic E-state index is 5.37. The van der Waals surface area contributed by atoms with Gasteiger partial charge in [-0.1, -0.05) is 6.07 Å². The van der Waals surface area contributed by atoms with E-state index in [1.54, 1.807) is 7.11 Å². The minimum atomic E-state index is 0.608. The molecule has 5 aromatic rings. The molecule has 7 heteroatoms. The summed E-state index contributed by atoms with van der Waals surface area (Å²) in [5.74, 6) is 2.27. The van der Waals surface area contributed by atoms with Gasteiger partial charge >= 0.3 is 0 Å². The number of hydrogen-bond donors (Lipinski definition) is 3. The van der Waals surface area contributed by atoms with Crippen LogP contribution in [-0.4, -0.2) is 40.2 Å². The molecule has 3 N–H and O–H groups in total. The summed E-state index contributed by atoms with van der Waals surface area (Å²) < 4.78 is 7.57. The highest BCUT2D eigenvalue weighted by molar-refractivity contribution is 5.88. The van der Waals surface area contributed by atoms with Crippen LogP contribution in [-0.2, 0) is 13.5 Å². The molecule has 0 radical (unpaired) electrons. The third kappa shape index (κ3) is 3.86. The van der Waals surface area contributed by atoms with Crippen molar-refractivity contribution in [2.75, 3.05) is 31.3 Å². The van der Waals surface area contributed by atoms with Crippen molar-refractivity contribution in [2.45, 2.75) is 13.3 Å². The number of methoxy groups -OCH3 is 1. The average molecular weight is 441 g/mol. The van der Waals surface area contributed by atoms with Gasteiger partial charge < -0.3 is 24.9 Å². The van der Waals surface area contributed by atoms with Gasteiger partial charge in [-0.05, 0) is 60.9 Å². The Morgan fingerprint density at radius 3 is 2.82 bits per heavy atom. The normalized spacial score (nSPS) is 11.3. The van der Waals surface area contributed by atoms with Gasteiger partial charge in [-0.15, -0.1) is 0 Å². The monoisotopic (exact) mass is 440 g/mol. The van der Waals surface area contributed by atoms with E-state index in [9.17, 15) is 0 Å². The van der Waals surface area contributed by atoms with E-state index in [0.29, 0.717) is 5.95 Å². The first-order valence-electron chi connectivity index (χ1n) is 11.1. The zero-order valence-corrected chi connectivity index (χ0v) is 19.4. The quantitative estimate of drug-likeness (QED) is 0.327. The van der Waals surface area contributed by atoms with E-state index in [1.165, 1.54) is 27.5 Å². The lowest BCUT2D eigenvalue weighted by Gasteiger charge is -2.11. The first-order valence-corrected chi connectivity index (χ1v) is 11.1. The second-order valence-corrected chi connectivity index (χ2v) is 8.23. The standard InChI is InChI=1S/C26H28N6O/c1-16-11-19-12-17(5-8-24(19)32(16)3)22-15-30-26(31-25(22)27-2)28-10-9-18-14-29-23-7-6-20(33-4)13-21(18)23/h5-8,11-15,29H,9-10H2,1-4H3,(H2,27,28,30,31). The number of nitrogens with zero attached hydrogens (tertiary/aromatic N) is 3. The van der Waals surface area contributed by atoms with Crippen LogP contribution in [0, 0.1) is 6.92 Å². The van der Waals surface area contributed by atoms with E-state index in [4.69, 9.17) is 9.72 Å². The van der Waals surface area contributed by atoms with E-state index in [0.717, 1.165) is 41.2 Å². The summed E-state index contributed by atoms with van der Waals surface area (Å²) in [6, 6.07) is 14.7. The lowest BCUT2D eigenvalue weighted by Crippen LogP contribution is -2.09. The summed E-state index contributed by atoms with van der Waals surface area (Å²) in [7, 11) is 5.67. The summed E-state index contributed by atoms with van der Waals surface area (Å²) in [5.41, 5.74) is 6.87. The molecule has 0 amide bonds. The van der Waals surface area contributed by atoms with Crippen molar-refractivity contribution in [3.8, 4) is 16.9 Å². The number of aryl methyl sites for hydroxylation is 2. The lowest BCUT2D eigenvalue weighted by atomic mass is 10.1. The molecule has 168 valence electrons. The Morgan fingerprint density at radius 2 is 2.00 bits per heavy atom. The molecule has 0 aliphatic heterocycles. The largest absolute Gasteiger partial charge is 0.497 e. The number of fused-ring (bicyclic) bond motifs is 2. The van der Waals surface area contributed by atoms with Gasteiger partial charge in [0, 0.05) is 66.1 Å². The fourth-order valence-corrected chi connectivity index (χ4v) is 4.32. The van der Waals surface area contributed by atoms with Gasteiger partial charge in [0.15, 0.2) is 0 Å². The fraction of sp³-hybridized carbons (Fsp3) is 0.231. The molecule has 7 nitrogen and oxygen atoms in total. The summed E-state index contributed by atoms with van der Waals surface area (Å²) in [6.07, 6.45) is 4.78. The number of nitrogens with one attached hydrogen (secondary N) is 3. The SMILES string of the molecule is CNc1nc(NCCc2c[nH]c3ccc(OC)cc23)ncc1-c1ccc2c(c1)cc(C)n2C. The van der Waals surface area contributed by atoms with Gasteiger partial charge in [0.2, 0.25) is 5.95 Å². The molecular weight excluding hydrogens is 412 g/mol. The summed E-state index contributed by atoms with van der Waals surface area (Å²) >= 11 is 0. The highest BCUT2D eigenvalue weighted by Gasteiger charge is 2.11. The first kappa shape index (κ1) is 20.9. The zero-order valence-electron chi connectivity index (χ0n) is 19.4. The van der Waals surface area contributed by atoms with Crippen molar-refractivity contribution in [3.05, 3.63) is 66.1 Å². The number of anilines is 2. The van der Waals surface area contributed by atoms with Crippen LogP contribution in [0.3, 0.4) is 0 Å². The summed E-state index contributed by atoms with van der Waals surface area (Å²) in [4.78, 5) is 12.6. The Kier molecular flexibility index (Phi) is 5.38. The Labute approximate surface area is 192 Å². The van der Waals surface area contributed by atoms with Gasteiger partial charge in [-0.3, -0.25) is 0 Å². The Hall–Kier alpha value is -4.00. The summed E-state index contributed by atoms with van der Waals surface area (Å²) in [6.45, 7) is 2.84. The molecule has 2 aromatic carbocycles. The molecule has 0 unspecified atom stereocenters. The maximum atomic E-state index is 5.37. The van der Waals surface area contributed by atoms with Crippen molar-refractivity contribution < 1.29 is 4.74 Å². The van der Waals surface area contributed by atoms with Gasteiger partial charge in [0.1, 0.15) is 11.6 Å². The van der Waals surface area contributed by atoms with Gasteiger partial charge in [-0.2, -0.15) is 4.98 Å². The number of H-pyrrole nitrogens is 1. The van der Waals surface area contributed by atoms with Crippen molar-refractivity contribution in [3.63, 3.8) is 0 Å². The van der Waals surface area contributed by atoms with Crippen LogP contribution in [0.15, 0.2) is 54.9 Å². The minimum Gasteiger partial charge on any atom is -0.497 e. The smallest absolute Gasteiger partial charge is 0.224 e. The number of rotatable bonds is 7. The molecule has 0 saturated carbocycles. The van der Waals surface area contributed by atoms with E-state index < -0.39 is 0 Å². The minimum absolute atomic E-state index is 0.608. The average Bonchev–Trinajstić information content (AvgIpc) is 3.38. The molecular formula is C26H28N6O. The van der Waals surface area contributed by atoms with Gasteiger partial charge in [0.05, 0.1) is 7.11 Å². The molecule has 0 atom stereocenters. The van der Waals surface area contributed by atoms with E-state index in [2.05, 4.69) is 75.7 Å². The molecule has 0 aliphatic carbocycles. The molecule has 0 bridgehead atoms. The van der Waals surface area contributed by atoms with Crippen molar-refractivity contribution in [1.29, 1.82) is 0 Å². The zero-order chi connectivity index (χ0) is 22.9. The van der Waals surface area contributed by atoms with Crippen LogP contribution < -0.4 is 15.4 Å². The molecule has 33 heavy (non-hydrogen) atoms. The Bertz CT molecular complexity index is 1450. The number of ether oxygens (including phenoxy) is 1. The molecule has 0 spiro atoms. The maximum Gasteiger partial charge on any atom is 0.224 e. The highest BCUT2D eigenvalue weighted by Crippen LogP contribution is 2.30.